The number of carbonyl (C=O) groups excluding carboxylic acids is 1. The number of carbonyl (C=O) groups is 1. The number of para-hydroxylation sites is 1. The second kappa shape index (κ2) is 8.22. The van der Waals surface area contributed by atoms with Crippen molar-refractivity contribution in [2.45, 2.75) is 6.10 Å². The number of hydrogen-bond donors (Lipinski definition) is 2. The molecule has 0 unspecified atom stereocenters. The predicted octanol–water partition coefficient (Wildman–Crippen LogP) is 2.67. The van der Waals surface area contributed by atoms with Gasteiger partial charge in [-0.25, -0.2) is 0 Å². The lowest BCUT2D eigenvalue weighted by molar-refractivity contribution is 0.0913. The van der Waals surface area contributed by atoms with E-state index < -0.39 is 6.10 Å². The summed E-state index contributed by atoms with van der Waals surface area (Å²) < 4.78 is 17.8. The van der Waals surface area contributed by atoms with Crippen LogP contribution in [0.1, 0.15) is 22.0 Å². The van der Waals surface area contributed by atoms with Crippen molar-refractivity contribution in [3.05, 3.63) is 53.7 Å². The second-order valence-electron chi connectivity index (χ2n) is 6.32. The van der Waals surface area contributed by atoms with Crippen molar-refractivity contribution in [3.8, 4) is 17.2 Å². The third kappa shape index (κ3) is 3.48. The van der Waals surface area contributed by atoms with E-state index in [-0.39, 0.29) is 18.2 Å². The van der Waals surface area contributed by atoms with Crippen molar-refractivity contribution in [2.75, 3.05) is 27.9 Å². The maximum atomic E-state index is 12.7. The van der Waals surface area contributed by atoms with Gasteiger partial charge in [0, 0.05) is 36.3 Å². The van der Waals surface area contributed by atoms with Crippen LogP contribution < -0.4 is 19.5 Å². The molecule has 1 amide bonds. The Morgan fingerprint density at radius 1 is 1.07 bits per heavy atom. The zero-order chi connectivity index (χ0) is 20.3. The molecule has 0 aliphatic heterocycles. The summed E-state index contributed by atoms with van der Waals surface area (Å²) in [6.07, 6.45) is 1.03. The lowest BCUT2D eigenvalue weighted by Gasteiger charge is -2.16. The van der Waals surface area contributed by atoms with Crippen molar-refractivity contribution in [1.29, 1.82) is 0 Å². The molecule has 0 aliphatic carbocycles. The van der Waals surface area contributed by atoms with E-state index in [1.54, 1.807) is 12.1 Å². The Kier molecular flexibility index (Phi) is 5.75. The second-order valence-corrected chi connectivity index (χ2v) is 6.32. The lowest BCUT2D eigenvalue weighted by Crippen LogP contribution is -2.28. The van der Waals surface area contributed by atoms with Crippen molar-refractivity contribution in [2.24, 2.45) is 7.05 Å². The van der Waals surface area contributed by atoms with Gasteiger partial charge < -0.3 is 29.2 Å². The maximum Gasteiger partial charge on any atom is 0.255 e. The Labute approximate surface area is 163 Å². The van der Waals surface area contributed by atoms with E-state index >= 15 is 0 Å². The average molecular weight is 384 g/mol. The molecule has 7 heteroatoms. The Balaban J connectivity index is 1.80. The zero-order valence-electron chi connectivity index (χ0n) is 16.4. The summed E-state index contributed by atoms with van der Waals surface area (Å²) in [5, 5.41) is 14.3. The average Bonchev–Trinajstić information content (AvgIpc) is 3.07. The van der Waals surface area contributed by atoms with E-state index in [2.05, 4.69) is 5.32 Å². The van der Waals surface area contributed by atoms with Gasteiger partial charge in [-0.15, -0.1) is 0 Å². The fourth-order valence-electron chi connectivity index (χ4n) is 3.31. The molecule has 3 aromatic rings. The molecule has 0 aliphatic rings. The fraction of sp³-hybridized carbons (Fsp3) is 0.286. The first kappa shape index (κ1) is 19.6. The monoisotopic (exact) mass is 384 g/mol. The fourth-order valence-corrected chi connectivity index (χ4v) is 3.31. The van der Waals surface area contributed by atoms with Gasteiger partial charge in [0.2, 0.25) is 5.75 Å². The largest absolute Gasteiger partial charge is 0.493 e. The molecule has 1 aromatic heterocycles. The normalized spacial score (nSPS) is 11.9. The molecule has 28 heavy (non-hydrogen) atoms. The number of rotatable bonds is 7. The number of aryl methyl sites for hydroxylation is 1. The number of nitrogens with zero attached hydrogens (tertiary/aromatic N) is 1. The third-order valence-electron chi connectivity index (χ3n) is 4.69. The van der Waals surface area contributed by atoms with Crippen LogP contribution in [0.25, 0.3) is 10.9 Å². The molecule has 1 atom stereocenters. The predicted molar refractivity (Wildman–Crippen MR) is 106 cm³/mol. The minimum Gasteiger partial charge on any atom is -0.493 e. The van der Waals surface area contributed by atoms with E-state index in [4.69, 9.17) is 14.2 Å². The SMILES string of the molecule is COc1ccc(C(=O)NC[C@@H](O)c2cn(C)c3ccccc23)c(OC)c1OC. The van der Waals surface area contributed by atoms with Gasteiger partial charge in [0.05, 0.1) is 33.0 Å². The van der Waals surface area contributed by atoms with Gasteiger partial charge in [0.25, 0.3) is 5.91 Å². The molecular weight excluding hydrogens is 360 g/mol. The number of methoxy groups -OCH3 is 3. The lowest BCUT2D eigenvalue weighted by atomic mass is 10.1. The number of ether oxygens (including phenoxy) is 3. The molecule has 0 fully saturated rings. The number of nitrogens with one attached hydrogen (secondary N) is 1. The van der Waals surface area contributed by atoms with Gasteiger partial charge in [0.1, 0.15) is 0 Å². The highest BCUT2D eigenvalue weighted by atomic mass is 16.5. The highest BCUT2D eigenvalue weighted by Crippen LogP contribution is 2.39. The molecule has 0 radical (unpaired) electrons. The third-order valence-corrected chi connectivity index (χ3v) is 4.69. The summed E-state index contributed by atoms with van der Waals surface area (Å²) in [6.45, 7) is 0.0599. The molecule has 1 heterocycles. The van der Waals surface area contributed by atoms with E-state index in [1.807, 2.05) is 42.1 Å². The number of hydrogen-bond acceptors (Lipinski definition) is 5. The van der Waals surface area contributed by atoms with Crippen LogP contribution in [-0.4, -0.2) is 43.5 Å². The molecule has 2 aromatic carbocycles. The molecule has 0 saturated heterocycles. The number of aliphatic hydroxyl groups is 1. The van der Waals surface area contributed by atoms with Crippen LogP contribution in [-0.2, 0) is 7.05 Å². The van der Waals surface area contributed by atoms with Gasteiger partial charge in [-0.3, -0.25) is 4.79 Å². The van der Waals surface area contributed by atoms with Crippen LogP contribution >= 0.6 is 0 Å². The number of aromatic nitrogens is 1. The summed E-state index contributed by atoms with van der Waals surface area (Å²) in [5.41, 5.74) is 2.08. The van der Waals surface area contributed by atoms with Crippen LogP contribution in [0.15, 0.2) is 42.6 Å². The van der Waals surface area contributed by atoms with Crippen molar-refractivity contribution in [1.82, 2.24) is 9.88 Å². The molecule has 3 rings (SSSR count). The zero-order valence-corrected chi connectivity index (χ0v) is 16.4. The van der Waals surface area contributed by atoms with Crippen LogP contribution in [0.3, 0.4) is 0 Å². The minimum atomic E-state index is -0.846. The minimum absolute atomic E-state index is 0.0599. The Hall–Kier alpha value is -3.19. The van der Waals surface area contributed by atoms with Crippen molar-refractivity contribution in [3.63, 3.8) is 0 Å². The summed E-state index contributed by atoms with van der Waals surface area (Å²) in [6, 6.07) is 11.0. The van der Waals surface area contributed by atoms with E-state index in [0.29, 0.717) is 17.1 Å². The van der Waals surface area contributed by atoms with Crippen LogP contribution in [0.2, 0.25) is 0 Å². The summed E-state index contributed by atoms with van der Waals surface area (Å²) in [4.78, 5) is 12.7. The topological polar surface area (TPSA) is 82.0 Å². The smallest absolute Gasteiger partial charge is 0.255 e. The molecule has 0 saturated carbocycles. The summed E-state index contributed by atoms with van der Waals surface area (Å²) >= 11 is 0. The Morgan fingerprint density at radius 3 is 2.46 bits per heavy atom. The first-order chi connectivity index (χ1) is 13.5. The highest BCUT2D eigenvalue weighted by molar-refractivity contribution is 5.98. The molecule has 7 nitrogen and oxygen atoms in total. The number of fused-ring (bicyclic) bond motifs is 1. The number of amides is 1. The Bertz CT molecular complexity index is 996. The molecule has 0 bridgehead atoms. The van der Waals surface area contributed by atoms with E-state index in [0.717, 1.165) is 16.5 Å². The standard InChI is InChI=1S/C21H24N2O5/c1-23-12-15(13-7-5-6-8-16(13)23)17(24)11-22-21(25)14-9-10-18(26-2)20(28-4)19(14)27-3/h5-10,12,17,24H,11H2,1-4H3,(H,22,25)/t17-/m1/s1. The molecular formula is C21H24N2O5. The number of benzene rings is 2. The van der Waals surface area contributed by atoms with Gasteiger partial charge >= 0.3 is 0 Å². The van der Waals surface area contributed by atoms with Crippen LogP contribution in [0.5, 0.6) is 17.2 Å². The summed E-state index contributed by atoms with van der Waals surface area (Å²) in [5.74, 6) is 0.704. The van der Waals surface area contributed by atoms with E-state index in [9.17, 15) is 9.90 Å². The van der Waals surface area contributed by atoms with Crippen LogP contribution in [0.4, 0.5) is 0 Å². The van der Waals surface area contributed by atoms with Gasteiger partial charge in [-0.2, -0.15) is 0 Å². The molecule has 148 valence electrons. The van der Waals surface area contributed by atoms with Gasteiger partial charge in [-0.1, -0.05) is 18.2 Å². The maximum absolute atomic E-state index is 12.7. The van der Waals surface area contributed by atoms with Gasteiger partial charge in [-0.05, 0) is 18.2 Å². The molecule has 2 N–H and O–H groups in total. The van der Waals surface area contributed by atoms with Crippen LogP contribution in [0, 0.1) is 0 Å². The van der Waals surface area contributed by atoms with Crippen molar-refractivity contribution >= 4 is 16.8 Å². The van der Waals surface area contributed by atoms with Crippen molar-refractivity contribution < 1.29 is 24.1 Å². The Morgan fingerprint density at radius 2 is 1.79 bits per heavy atom. The van der Waals surface area contributed by atoms with E-state index in [1.165, 1.54) is 21.3 Å². The highest BCUT2D eigenvalue weighted by Gasteiger charge is 2.22. The summed E-state index contributed by atoms with van der Waals surface area (Å²) in [7, 11) is 6.37. The molecule has 0 spiro atoms. The number of aliphatic hydroxyl groups excluding tert-OH is 1. The first-order valence-electron chi connectivity index (χ1n) is 8.81. The first-order valence-corrected chi connectivity index (χ1v) is 8.81. The quantitative estimate of drug-likeness (QED) is 0.655. The van der Waals surface area contributed by atoms with Gasteiger partial charge in [0.15, 0.2) is 11.5 Å².